The van der Waals surface area contributed by atoms with Crippen molar-refractivity contribution in [3.8, 4) is 0 Å². The van der Waals surface area contributed by atoms with Crippen molar-refractivity contribution in [3.05, 3.63) is 52.2 Å². The van der Waals surface area contributed by atoms with Crippen LogP contribution in [0.3, 0.4) is 0 Å². The predicted molar refractivity (Wildman–Crippen MR) is 78.5 cm³/mol. The molecule has 3 atom stereocenters. The molecule has 2 aliphatic rings. The molecule has 3 heterocycles. The zero-order chi connectivity index (χ0) is 12.7. The van der Waals surface area contributed by atoms with Crippen LogP contribution in [0.15, 0.2) is 41.8 Å². The van der Waals surface area contributed by atoms with Crippen molar-refractivity contribution in [2.45, 2.75) is 25.0 Å². The number of para-hydroxylation sites is 1. The molecule has 1 aromatic carbocycles. The molecule has 2 aromatic rings. The summed E-state index contributed by atoms with van der Waals surface area (Å²) >= 11 is 1.84. The van der Waals surface area contributed by atoms with Crippen molar-refractivity contribution in [2.24, 2.45) is 5.92 Å². The van der Waals surface area contributed by atoms with Gasteiger partial charge in [-0.2, -0.15) is 0 Å². The summed E-state index contributed by atoms with van der Waals surface area (Å²) in [6.45, 7) is 0.895. The van der Waals surface area contributed by atoms with E-state index in [-0.39, 0.29) is 6.10 Å². The molecule has 2 nitrogen and oxygen atoms in total. The lowest BCUT2D eigenvalue weighted by Gasteiger charge is -2.42. The van der Waals surface area contributed by atoms with Gasteiger partial charge in [0.1, 0.15) is 0 Å². The third-order valence-corrected chi connectivity index (χ3v) is 5.18. The lowest BCUT2D eigenvalue weighted by molar-refractivity contribution is -0.0377. The number of thiophene rings is 1. The second kappa shape index (κ2) is 4.66. The van der Waals surface area contributed by atoms with E-state index in [1.54, 1.807) is 0 Å². The van der Waals surface area contributed by atoms with Gasteiger partial charge >= 0.3 is 0 Å². The van der Waals surface area contributed by atoms with Crippen molar-refractivity contribution >= 4 is 17.0 Å². The number of benzene rings is 1. The number of hydrogen-bond acceptors (Lipinski definition) is 3. The van der Waals surface area contributed by atoms with E-state index in [0.29, 0.717) is 12.0 Å². The van der Waals surface area contributed by atoms with Crippen LogP contribution in [0.4, 0.5) is 5.69 Å². The standard InChI is InChI=1S/C16H17NOS/c1-2-7-13-11(5-1)16-12(6-3-9-18-16)15(17-13)14-8-4-10-19-14/h1-2,4-5,7-8,10,12,15-17H,3,6,9H2/t12-,15+,16+/m0/s1. The Morgan fingerprint density at radius 3 is 3.00 bits per heavy atom. The summed E-state index contributed by atoms with van der Waals surface area (Å²) in [5, 5.41) is 5.89. The van der Waals surface area contributed by atoms with E-state index in [1.165, 1.54) is 29.0 Å². The molecule has 0 bridgehead atoms. The first-order chi connectivity index (χ1) is 9.43. The summed E-state index contributed by atoms with van der Waals surface area (Å²) in [5.41, 5.74) is 2.57. The smallest absolute Gasteiger partial charge is 0.0896 e. The van der Waals surface area contributed by atoms with Crippen LogP contribution in [0.1, 0.15) is 35.4 Å². The minimum atomic E-state index is 0.262. The van der Waals surface area contributed by atoms with Gasteiger partial charge in [-0.3, -0.25) is 0 Å². The van der Waals surface area contributed by atoms with Gasteiger partial charge in [-0.15, -0.1) is 11.3 Å². The highest BCUT2D eigenvalue weighted by Gasteiger charge is 2.39. The summed E-state index contributed by atoms with van der Waals surface area (Å²) in [6.07, 6.45) is 2.68. The average Bonchev–Trinajstić information content (AvgIpc) is 3.00. The van der Waals surface area contributed by atoms with Crippen LogP contribution in [-0.4, -0.2) is 6.61 Å². The quantitative estimate of drug-likeness (QED) is 0.831. The molecular formula is C16H17NOS. The maximum Gasteiger partial charge on any atom is 0.0896 e. The SMILES string of the molecule is c1csc([C@@H]2Nc3ccccc3[C@H]3OCCC[C@H]32)c1. The Balaban J connectivity index is 1.79. The first-order valence-electron chi connectivity index (χ1n) is 6.94. The molecule has 3 heteroatoms. The largest absolute Gasteiger partial charge is 0.377 e. The Morgan fingerprint density at radius 2 is 2.11 bits per heavy atom. The molecule has 2 aliphatic heterocycles. The van der Waals surface area contributed by atoms with Crippen LogP contribution in [0, 0.1) is 5.92 Å². The number of ether oxygens (including phenoxy) is 1. The van der Waals surface area contributed by atoms with Gasteiger partial charge in [0.2, 0.25) is 0 Å². The Labute approximate surface area is 117 Å². The van der Waals surface area contributed by atoms with Crippen molar-refractivity contribution in [3.63, 3.8) is 0 Å². The molecule has 0 unspecified atom stereocenters. The van der Waals surface area contributed by atoms with Gasteiger partial charge in [-0.1, -0.05) is 24.3 Å². The van der Waals surface area contributed by atoms with Crippen molar-refractivity contribution < 1.29 is 4.74 Å². The zero-order valence-electron chi connectivity index (χ0n) is 10.7. The van der Waals surface area contributed by atoms with Gasteiger partial charge in [0, 0.05) is 28.7 Å². The van der Waals surface area contributed by atoms with Crippen molar-refractivity contribution in [2.75, 3.05) is 11.9 Å². The van der Waals surface area contributed by atoms with Crippen LogP contribution in [0.25, 0.3) is 0 Å². The molecule has 0 radical (unpaired) electrons. The highest BCUT2D eigenvalue weighted by molar-refractivity contribution is 7.10. The minimum Gasteiger partial charge on any atom is -0.377 e. The fourth-order valence-electron chi connectivity index (χ4n) is 3.37. The van der Waals surface area contributed by atoms with Gasteiger partial charge in [-0.05, 0) is 30.4 Å². The maximum atomic E-state index is 6.10. The minimum absolute atomic E-state index is 0.262. The Morgan fingerprint density at radius 1 is 1.16 bits per heavy atom. The molecule has 4 rings (SSSR count). The molecule has 0 amide bonds. The summed E-state index contributed by atoms with van der Waals surface area (Å²) < 4.78 is 6.10. The number of nitrogens with one attached hydrogen (secondary N) is 1. The monoisotopic (exact) mass is 271 g/mol. The lowest BCUT2D eigenvalue weighted by atomic mass is 9.79. The van der Waals surface area contributed by atoms with E-state index < -0.39 is 0 Å². The fraction of sp³-hybridized carbons (Fsp3) is 0.375. The first kappa shape index (κ1) is 11.5. The van der Waals surface area contributed by atoms with Crippen LogP contribution in [0.2, 0.25) is 0 Å². The van der Waals surface area contributed by atoms with Gasteiger partial charge in [0.05, 0.1) is 12.1 Å². The van der Waals surface area contributed by atoms with Crippen molar-refractivity contribution in [1.29, 1.82) is 0 Å². The van der Waals surface area contributed by atoms with E-state index in [2.05, 4.69) is 47.1 Å². The normalized spacial score (nSPS) is 29.2. The first-order valence-corrected chi connectivity index (χ1v) is 7.82. The third kappa shape index (κ3) is 1.88. The molecule has 1 saturated heterocycles. The summed E-state index contributed by atoms with van der Waals surface area (Å²) in [7, 11) is 0. The highest BCUT2D eigenvalue weighted by atomic mass is 32.1. The van der Waals surface area contributed by atoms with E-state index in [0.717, 1.165) is 6.61 Å². The molecule has 0 saturated carbocycles. The van der Waals surface area contributed by atoms with Gasteiger partial charge in [-0.25, -0.2) is 0 Å². The van der Waals surface area contributed by atoms with Gasteiger partial charge < -0.3 is 10.1 Å². The second-order valence-electron chi connectivity index (χ2n) is 5.32. The van der Waals surface area contributed by atoms with Crippen molar-refractivity contribution in [1.82, 2.24) is 0 Å². The molecule has 0 aliphatic carbocycles. The summed E-state index contributed by atoms with van der Waals surface area (Å²) in [5.74, 6) is 0.558. The average molecular weight is 271 g/mol. The summed E-state index contributed by atoms with van der Waals surface area (Å²) in [6, 6.07) is 13.4. The molecule has 1 aromatic heterocycles. The highest BCUT2D eigenvalue weighted by Crippen LogP contribution is 2.49. The van der Waals surface area contributed by atoms with Gasteiger partial charge in [0.15, 0.2) is 0 Å². The van der Waals surface area contributed by atoms with Gasteiger partial charge in [0.25, 0.3) is 0 Å². The number of rotatable bonds is 1. The fourth-order valence-corrected chi connectivity index (χ4v) is 4.22. The maximum absolute atomic E-state index is 6.10. The predicted octanol–water partition coefficient (Wildman–Crippen LogP) is 4.38. The molecule has 1 N–H and O–H groups in total. The molecule has 98 valence electrons. The van der Waals surface area contributed by atoms with Crippen LogP contribution < -0.4 is 5.32 Å². The van der Waals surface area contributed by atoms with E-state index in [4.69, 9.17) is 4.74 Å². The molecular weight excluding hydrogens is 254 g/mol. The van der Waals surface area contributed by atoms with E-state index in [1.807, 2.05) is 11.3 Å². The Bertz CT molecular complexity index is 566. The van der Waals surface area contributed by atoms with E-state index >= 15 is 0 Å². The second-order valence-corrected chi connectivity index (χ2v) is 6.30. The lowest BCUT2D eigenvalue weighted by Crippen LogP contribution is -2.35. The molecule has 19 heavy (non-hydrogen) atoms. The Kier molecular flexibility index (Phi) is 2.82. The molecule has 0 spiro atoms. The van der Waals surface area contributed by atoms with Crippen LogP contribution >= 0.6 is 11.3 Å². The number of hydrogen-bond donors (Lipinski definition) is 1. The number of fused-ring (bicyclic) bond motifs is 3. The third-order valence-electron chi connectivity index (χ3n) is 4.22. The summed E-state index contributed by atoms with van der Waals surface area (Å²) in [4.78, 5) is 1.43. The zero-order valence-corrected chi connectivity index (χ0v) is 11.5. The molecule has 1 fully saturated rings. The van der Waals surface area contributed by atoms with E-state index in [9.17, 15) is 0 Å². The Hall–Kier alpha value is -1.32. The number of anilines is 1. The van der Waals surface area contributed by atoms with Crippen LogP contribution in [-0.2, 0) is 4.74 Å². The topological polar surface area (TPSA) is 21.3 Å². The van der Waals surface area contributed by atoms with Crippen LogP contribution in [0.5, 0.6) is 0 Å².